The van der Waals surface area contributed by atoms with Crippen LogP contribution in [0.25, 0.3) is 0 Å². The summed E-state index contributed by atoms with van der Waals surface area (Å²) in [6, 6.07) is 1.78. The van der Waals surface area contributed by atoms with Crippen LogP contribution in [0.1, 0.15) is 53.7 Å². The molecule has 2 heterocycles. The molecule has 1 aliphatic carbocycles. The topological polar surface area (TPSA) is 107 Å². The Morgan fingerprint density at radius 3 is 2.83 bits per heavy atom. The van der Waals surface area contributed by atoms with Crippen molar-refractivity contribution in [3.05, 3.63) is 28.5 Å². The zero-order chi connectivity index (χ0) is 21.0. The number of amides is 2. The molecule has 1 fully saturated rings. The maximum absolute atomic E-state index is 12.5. The zero-order valence-electron chi connectivity index (χ0n) is 17.1. The fourth-order valence-electron chi connectivity index (χ4n) is 3.23. The van der Waals surface area contributed by atoms with Gasteiger partial charge < -0.3 is 14.8 Å². The summed E-state index contributed by atoms with van der Waals surface area (Å²) in [6.45, 7) is 4.58. The molecule has 158 valence electrons. The number of carbonyl (C=O) groups is 2. The van der Waals surface area contributed by atoms with Crippen LogP contribution in [0.5, 0.6) is 0 Å². The monoisotopic (exact) mass is 421 g/mol. The van der Waals surface area contributed by atoms with E-state index in [1.807, 2.05) is 20.0 Å². The first-order valence-electron chi connectivity index (χ1n) is 9.58. The largest absolute Gasteiger partial charge is 0.449 e. The molecular weight excluding hydrogens is 394 g/mol. The Morgan fingerprint density at radius 2 is 2.14 bits per heavy atom. The SMILES string of the molecule is COCc1cc(C(=O)Nc2ncc(C3CC(COC(=O)NC(C)C)C3)s2)n(C)n1. The molecule has 0 saturated heterocycles. The average Bonchev–Trinajstić information content (AvgIpc) is 3.20. The predicted octanol–water partition coefficient (Wildman–Crippen LogP) is 2.90. The van der Waals surface area contributed by atoms with Crippen LogP contribution < -0.4 is 10.6 Å². The van der Waals surface area contributed by atoms with E-state index in [0.717, 1.165) is 17.7 Å². The Kier molecular flexibility index (Phi) is 6.86. The molecule has 29 heavy (non-hydrogen) atoms. The molecule has 9 nitrogen and oxygen atoms in total. The number of anilines is 1. The number of hydrogen-bond acceptors (Lipinski definition) is 7. The van der Waals surface area contributed by atoms with Crippen molar-refractivity contribution >= 4 is 28.5 Å². The van der Waals surface area contributed by atoms with Gasteiger partial charge in [0.2, 0.25) is 0 Å². The number of methoxy groups -OCH3 is 1. The van der Waals surface area contributed by atoms with Gasteiger partial charge in [0.15, 0.2) is 5.13 Å². The number of aromatic nitrogens is 3. The number of ether oxygens (including phenoxy) is 2. The molecule has 0 spiro atoms. The van der Waals surface area contributed by atoms with Gasteiger partial charge in [0, 0.05) is 31.3 Å². The van der Waals surface area contributed by atoms with Crippen molar-refractivity contribution in [1.29, 1.82) is 0 Å². The lowest BCUT2D eigenvalue weighted by molar-refractivity contribution is 0.0936. The average molecular weight is 422 g/mol. The van der Waals surface area contributed by atoms with Crippen molar-refractivity contribution in [3.63, 3.8) is 0 Å². The molecule has 0 unspecified atom stereocenters. The lowest BCUT2D eigenvalue weighted by atomic mass is 9.75. The zero-order valence-corrected chi connectivity index (χ0v) is 17.9. The van der Waals surface area contributed by atoms with Gasteiger partial charge in [0.1, 0.15) is 5.69 Å². The van der Waals surface area contributed by atoms with Crippen LogP contribution in [0.15, 0.2) is 12.3 Å². The summed E-state index contributed by atoms with van der Waals surface area (Å²) in [4.78, 5) is 29.5. The minimum Gasteiger partial charge on any atom is -0.449 e. The van der Waals surface area contributed by atoms with Crippen molar-refractivity contribution in [1.82, 2.24) is 20.1 Å². The van der Waals surface area contributed by atoms with E-state index in [2.05, 4.69) is 20.7 Å². The van der Waals surface area contributed by atoms with Crippen molar-refractivity contribution in [2.24, 2.45) is 13.0 Å². The third kappa shape index (κ3) is 5.54. The third-order valence-corrected chi connectivity index (χ3v) is 5.77. The van der Waals surface area contributed by atoms with Gasteiger partial charge >= 0.3 is 6.09 Å². The summed E-state index contributed by atoms with van der Waals surface area (Å²) in [7, 11) is 3.31. The van der Waals surface area contributed by atoms with Crippen LogP contribution in [0.4, 0.5) is 9.93 Å². The van der Waals surface area contributed by atoms with Crippen LogP contribution in [0.3, 0.4) is 0 Å². The summed E-state index contributed by atoms with van der Waals surface area (Å²) >= 11 is 1.48. The Hall–Kier alpha value is -2.46. The number of rotatable bonds is 8. The normalized spacial score (nSPS) is 18.4. The van der Waals surface area contributed by atoms with Gasteiger partial charge in [-0.3, -0.25) is 14.8 Å². The van der Waals surface area contributed by atoms with Crippen molar-refractivity contribution in [3.8, 4) is 0 Å². The number of aryl methyl sites for hydroxylation is 1. The molecule has 0 atom stereocenters. The molecule has 0 radical (unpaired) electrons. The number of thiazole rings is 1. The van der Waals surface area contributed by atoms with E-state index >= 15 is 0 Å². The van der Waals surface area contributed by atoms with E-state index < -0.39 is 0 Å². The highest BCUT2D eigenvalue weighted by Gasteiger charge is 2.32. The molecule has 2 aromatic heterocycles. The van der Waals surface area contributed by atoms with Gasteiger partial charge in [-0.15, -0.1) is 11.3 Å². The highest BCUT2D eigenvalue weighted by Crippen LogP contribution is 2.44. The summed E-state index contributed by atoms with van der Waals surface area (Å²) in [5.74, 6) is 0.510. The molecule has 0 aromatic carbocycles. The Labute approximate surface area is 173 Å². The first-order valence-corrected chi connectivity index (χ1v) is 10.4. The van der Waals surface area contributed by atoms with Crippen LogP contribution in [-0.4, -0.2) is 46.5 Å². The minimum absolute atomic E-state index is 0.0698. The maximum Gasteiger partial charge on any atom is 0.407 e. The molecule has 2 amide bonds. The second-order valence-electron chi connectivity index (χ2n) is 7.53. The van der Waals surface area contributed by atoms with Gasteiger partial charge in [-0.05, 0) is 44.6 Å². The first kappa shape index (κ1) is 21.3. The Bertz CT molecular complexity index is 857. The summed E-state index contributed by atoms with van der Waals surface area (Å²) in [5, 5.41) is 10.4. The van der Waals surface area contributed by atoms with Crippen molar-refractivity contribution in [2.45, 2.75) is 45.3 Å². The lowest BCUT2D eigenvalue weighted by Crippen LogP contribution is -2.34. The molecule has 2 N–H and O–H groups in total. The van der Waals surface area contributed by atoms with E-state index in [1.54, 1.807) is 20.2 Å². The van der Waals surface area contributed by atoms with Gasteiger partial charge in [0.05, 0.1) is 18.9 Å². The molecule has 0 aliphatic heterocycles. The van der Waals surface area contributed by atoms with E-state index in [1.165, 1.54) is 16.0 Å². The fraction of sp³-hybridized carbons (Fsp3) is 0.579. The van der Waals surface area contributed by atoms with Crippen LogP contribution in [0, 0.1) is 5.92 Å². The van der Waals surface area contributed by atoms with Gasteiger partial charge in [0.25, 0.3) is 5.91 Å². The molecule has 1 saturated carbocycles. The van der Waals surface area contributed by atoms with Crippen LogP contribution >= 0.6 is 11.3 Å². The fourth-order valence-corrected chi connectivity index (χ4v) is 4.16. The Morgan fingerprint density at radius 1 is 1.38 bits per heavy atom. The van der Waals surface area contributed by atoms with Crippen molar-refractivity contribution in [2.75, 3.05) is 19.0 Å². The first-order chi connectivity index (χ1) is 13.9. The molecule has 2 aromatic rings. The second kappa shape index (κ2) is 9.36. The number of nitrogens with zero attached hydrogens (tertiary/aromatic N) is 3. The molecule has 0 bridgehead atoms. The summed E-state index contributed by atoms with van der Waals surface area (Å²) in [6.07, 6.45) is 3.35. The van der Waals surface area contributed by atoms with Crippen LogP contribution in [0.2, 0.25) is 0 Å². The number of nitrogens with one attached hydrogen (secondary N) is 2. The number of carbonyl (C=O) groups excluding carboxylic acids is 2. The second-order valence-corrected chi connectivity index (χ2v) is 8.59. The van der Waals surface area contributed by atoms with E-state index in [9.17, 15) is 9.59 Å². The summed E-state index contributed by atoms with van der Waals surface area (Å²) in [5.41, 5.74) is 1.15. The van der Waals surface area contributed by atoms with Crippen molar-refractivity contribution < 1.29 is 19.1 Å². The molecular formula is C19H27N5O4S. The molecule has 3 rings (SSSR count). The molecule has 10 heteroatoms. The highest BCUT2D eigenvalue weighted by molar-refractivity contribution is 7.15. The maximum atomic E-state index is 12.5. The molecule has 1 aliphatic rings. The van der Waals surface area contributed by atoms with Gasteiger partial charge in [-0.2, -0.15) is 5.10 Å². The lowest BCUT2D eigenvalue weighted by Gasteiger charge is -2.33. The Balaban J connectivity index is 1.47. The number of alkyl carbamates (subject to hydrolysis) is 1. The van der Waals surface area contributed by atoms with Crippen LogP contribution in [-0.2, 0) is 23.1 Å². The third-order valence-electron chi connectivity index (χ3n) is 4.69. The minimum atomic E-state index is -0.366. The quantitative estimate of drug-likeness (QED) is 0.679. The van der Waals surface area contributed by atoms with Gasteiger partial charge in [-0.25, -0.2) is 9.78 Å². The smallest absolute Gasteiger partial charge is 0.407 e. The van der Waals surface area contributed by atoms with E-state index in [4.69, 9.17) is 9.47 Å². The van der Waals surface area contributed by atoms with E-state index in [-0.39, 0.29) is 18.0 Å². The predicted molar refractivity (Wildman–Crippen MR) is 109 cm³/mol. The van der Waals surface area contributed by atoms with Gasteiger partial charge in [-0.1, -0.05) is 0 Å². The highest BCUT2D eigenvalue weighted by atomic mass is 32.1. The summed E-state index contributed by atoms with van der Waals surface area (Å²) < 4.78 is 11.8. The van der Waals surface area contributed by atoms with E-state index in [0.29, 0.717) is 41.6 Å². The standard InChI is InChI=1S/C19H27N5O4S/c1-11(2)21-19(26)28-9-12-5-13(6-12)16-8-20-18(29-16)22-17(25)15-7-14(10-27-4)23-24(15)3/h7-8,11-13H,5-6,9-10H2,1-4H3,(H,21,26)(H,20,22,25). The number of hydrogen-bond donors (Lipinski definition) is 2.